The van der Waals surface area contributed by atoms with Crippen molar-refractivity contribution in [2.24, 2.45) is 0 Å². The van der Waals surface area contributed by atoms with Gasteiger partial charge in [0.05, 0.1) is 10.6 Å². The zero-order chi connectivity index (χ0) is 19.7. The van der Waals surface area contributed by atoms with Gasteiger partial charge in [-0.2, -0.15) is 0 Å². The highest BCUT2D eigenvalue weighted by atomic mass is 35.5. The van der Waals surface area contributed by atoms with E-state index in [1.165, 1.54) is 18.2 Å². The first-order chi connectivity index (χ1) is 13.5. The van der Waals surface area contributed by atoms with Crippen molar-refractivity contribution < 1.29 is 14.0 Å². The average Bonchev–Trinajstić information content (AvgIpc) is 3.30. The van der Waals surface area contributed by atoms with Crippen LogP contribution < -0.4 is 10.6 Å². The molecule has 2 amide bonds. The number of nitrogens with one attached hydrogen (secondary N) is 2. The number of carbonyl (C=O) groups is 2. The fraction of sp³-hybridized carbons (Fsp3) is 0.250. The molecule has 0 saturated heterocycles. The zero-order valence-corrected chi connectivity index (χ0v) is 15.7. The Hall–Kier alpha value is -2.93. The van der Waals surface area contributed by atoms with Crippen molar-refractivity contribution in [3.05, 3.63) is 64.7 Å². The highest BCUT2D eigenvalue weighted by molar-refractivity contribution is 6.31. The lowest BCUT2D eigenvalue weighted by Gasteiger charge is -2.13. The second-order valence-electron chi connectivity index (χ2n) is 6.75. The maximum absolute atomic E-state index is 14.2. The van der Waals surface area contributed by atoms with Gasteiger partial charge in [-0.25, -0.2) is 9.37 Å². The van der Waals surface area contributed by atoms with Crippen molar-refractivity contribution in [3.63, 3.8) is 0 Å². The van der Waals surface area contributed by atoms with Crippen LogP contribution >= 0.6 is 11.6 Å². The third kappa shape index (κ3) is 3.45. The monoisotopic (exact) mass is 400 g/mol. The SMILES string of the molecule is O=C(Nc1nc2ccccn2c1C(=O)NC1CCCC1)c1cccc(Cl)c1F. The first kappa shape index (κ1) is 18.4. The second kappa shape index (κ2) is 7.59. The van der Waals surface area contributed by atoms with E-state index >= 15 is 0 Å². The molecule has 0 radical (unpaired) electrons. The number of benzene rings is 1. The lowest BCUT2D eigenvalue weighted by molar-refractivity contribution is 0.0933. The van der Waals surface area contributed by atoms with Crippen LogP contribution in [0.3, 0.4) is 0 Å². The summed E-state index contributed by atoms with van der Waals surface area (Å²) in [5.74, 6) is -1.79. The standard InChI is InChI=1S/C20H18ClFN4O2/c21-14-9-5-8-13(16(14)22)19(27)25-18-17(20(28)23-12-6-1-2-7-12)26-11-4-3-10-15(26)24-18/h3-5,8-12H,1-2,6-7H2,(H,23,28)(H,25,27). The summed E-state index contributed by atoms with van der Waals surface area (Å²) in [6.45, 7) is 0. The molecule has 2 N–H and O–H groups in total. The highest BCUT2D eigenvalue weighted by Gasteiger charge is 2.25. The molecule has 2 aromatic heterocycles. The molecule has 144 valence electrons. The molecule has 0 unspecified atom stereocenters. The summed E-state index contributed by atoms with van der Waals surface area (Å²) < 4.78 is 15.8. The van der Waals surface area contributed by atoms with E-state index < -0.39 is 11.7 Å². The van der Waals surface area contributed by atoms with Crippen LogP contribution in [0.25, 0.3) is 5.65 Å². The third-order valence-electron chi connectivity index (χ3n) is 4.86. The molecule has 1 fully saturated rings. The van der Waals surface area contributed by atoms with Gasteiger partial charge in [-0.1, -0.05) is 36.6 Å². The average molecular weight is 401 g/mol. The Labute approximate surface area is 165 Å². The Kier molecular flexibility index (Phi) is 5.00. The molecule has 3 aromatic rings. The topological polar surface area (TPSA) is 75.5 Å². The minimum absolute atomic E-state index is 0.0751. The number of nitrogens with zero attached hydrogens (tertiary/aromatic N) is 2. The van der Waals surface area contributed by atoms with Gasteiger partial charge in [0, 0.05) is 12.2 Å². The van der Waals surface area contributed by atoms with Crippen LogP contribution in [0.15, 0.2) is 42.6 Å². The minimum atomic E-state index is -0.817. The Morgan fingerprint density at radius 1 is 1.11 bits per heavy atom. The quantitative estimate of drug-likeness (QED) is 0.693. The van der Waals surface area contributed by atoms with Gasteiger partial charge >= 0.3 is 0 Å². The van der Waals surface area contributed by atoms with Gasteiger partial charge in [-0.3, -0.25) is 14.0 Å². The molecule has 2 heterocycles. The number of amides is 2. The van der Waals surface area contributed by atoms with Crippen molar-refractivity contribution in [1.29, 1.82) is 0 Å². The van der Waals surface area contributed by atoms with E-state index in [1.54, 1.807) is 28.8 Å². The first-order valence-electron chi connectivity index (χ1n) is 9.08. The number of imidazole rings is 1. The lowest BCUT2D eigenvalue weighted by Crippen LogP contribution is -2.34. The summed E-state index contributed by atoms with van der Waals surface area (Å²) in [6, 6.07) is 9.55. The predicted molar refractivity (Wildman–Crippen MR) is 104 cm³/mol. The van der Waals surface area contributed by atoms with Gasteiger partial charge in [0.1, 0.15) is 5.65 Å². The molecular formula is C20H18ClFN4O2. The lowest BCUT2D eigenvalue weighted by atomic mass is 10.2. The van der Waals surface area contributed by atoms with Gasteiger partial charge in [0.15, 0.2) is 17.3 Å². The molecule has 6 nitrogen and oxygen atoms in total. The van der Waals surface area contributed by atoms with Crippen LogP contribution in [-0.4, -0.2) is 27.2 Å². The van der Waals surface area contributed by atoms with E-state index in [9.17, 15) is 14.0 Å². The molecule has 0 atom stereocenters. The molecule has 28 heavy (non-hydrogen) atoms. The van der Waals surface area contributed by atoms with E-state index in [1.807, 2.05) is 0 Å². The summed E-state index contributed by atoms with van der Waals surface area (Å²) in [5.41, 5.74) is 0.492. The molecule has 4 rings (SSSR count). The summed E-state index contributed by atoms with van der Waals surface area (Å²) in [6.07, 6.45) is 5.71. The van der Waals surface area contributed by atoms with Crippen LogP contribution in [0.4, 0.5) is 10.2 Å². The Morgan fingerprint density at radius 2 is 1.89 bits per heavy atom. The predicted octanol–water partition coefficient (Wildman–Crippen LogP) is 4.05. The molecule has 1 aromatic carbocycles. The Balaban J connectivity index is 1.69. The molecule has 1 aliphatic rings. The number of halogens is 2. The van der Waals surface area contributed by atoms with Crippen LogP contribution in [0.2, 0.25) is 5.02 Å². The number of hydrogen-bond acceptors (Lipinski definition) is 3. The van der Waals surface area contributed by atoms with Crippen LogP contribution in [0.5, 0.6) is 0 Å². The molecule has 1 aliphatic carbocycles. The van der Waals surface area contributed by atoms with E-state index in [2.05, 4.69) is 15.6 Å². The van der Waals surface area contributed by atoms with Crippen LogP contribution in [0.1, 0.15) is 46.5 Å². The Bertz CT molecular complexity index is 1060. The second-order valence-corrected chi connectivity index (χ2v) is 7.16. The maximum Gasteiger partial charge on any atom is 0.272 e. The van der Waals surface area contributed by atoms with Gasteiger partial charge in [0.25, 0.3) is 11.8 Å². The number of anilines is 1. The number of rotatable bonds is 4. The number of fused-ring (bicyclic) bond motifs is 1. The van der Waals surface area contributed by atoms with Crippen molar-refractivity contribution in [2.75, 3.05) is 5.32 Å². The van der Waals surface area contributed by atoms with E-state index in [-0.39, 0.29) is 34.0 Å². The van der Waals surface area contributed by atoms with E-state index in [0.29, 0.717) is 5.65 Å². The largest absolute Gasteiger partial charge is 0.348 e. The van der Waals surface area contributed by atoms with Crippen molar-refractivity contribution in [3.8, 4) is 0 Å². The van der Waals surface area contributed by atoms with Gasteiger partial charge in [-0.15, -0.1) is 0 Å². The van der Waals surface area contributed by atoms with Gasteiger partial charge < -0.3 is 10.6 Å². The Morgan fingerprint density at radius 3 is 2.68 bits per heavy atom. The molecule has 0 aliphatic heterocycles. The maximum atomic E-state index is 14.2. The summed E-state index contributed by atoms with van der Waals surface area (Å²) in [5, 5.41) is 5.41. The summed E-state index contributed by atoms with van der Waals surface area (Å²) >= 11 is 5.76. The number of carbonyl (C=O) groups excluding carboxylic acids is 2. The smallest absolute Gasteiger partial charge is 0.272 e. The molecule has 0 bridgehead atoms. The number of pyridine rings is 1. The molecule has 0 spiro atoms. The van der Waals surface area contributed by atoms with Crippen molar-refractivity contribution >= 4 is 34.9 Å². The molecule has 8 heteroatoms. The third-order valence-corrected chi connectivity index (χ3v) is 5.16. The normalized spacial score (nSPS) is 14.4. The number of hydrogen-bond donors (Lipinski definition) is 2. The molecular weight excluding hydrogens is 383 g/mol. The molecule has 1 saturated carbocycles. The minimum Gasteiger partial charge on any atom is -0.348 e. The van der Waals surface area contributed by atoms with E-state index in [0.717, 1.165) is 25.7 Å². The zero-order valence-electron chi connectivity index (χ0n) is 14.9. The van der Waals surface area contributed by atoms with Crippen LogP contribution in [-0.2, 0) is 0 Å². The summed E-state index contributed by atoms with van der Waals surface area (Å²) in [7, 11) is 0. The first-order valence-corrected chi connectivity index (χ1v) is 9.45. The highest BCUT2D eigenvalue weighted by Crippen LogP contribution is 2.23. The fourth-order valence-corrected chi connectivity index (χ4v) is 3.65. The van der Waals surface area contributed by atoms with Crippen LogP contribution in [0, 0.1) is 5.82 Å². The van der Waals surface area contributed by atoms with Crippen molar-refractivity contribution in [1.82, 2.24) is 14.7 Å². The fourth-order valence-electron chi connectivity index (χ4n) is 3.48. The van der Waals surface area contributed by atoms with Crippen molar-refractivity contribution in [2.45, 2.75) is 31.7 Å². The summed E-state index contributed by atoms with van der Waals surface area (Å²) in [4.78, 5) is 29.9. The van der Waals surface area contributed by atoms with Gasteiger partial charge in [0.2, 0.25) is 0 Å². The van der Waals surface area contributed by atoms with E-state index in [4.69, 9.17) is 11.6 Å². The number of aromatic nitrogens is 2. The van der Waals surface area contributed by atoms with Gasteiger partial charge in [-0.05, 0) is 37.1 Å².